The smallest absolute Gasteiger partial charge is 0.165 e. The summed E-state index contributed by atoms with van der Waals surface area (Å²) >= 11 is 3.73. The molecule has 5 aromatic heterocycles. The summed E-state index contributed by atoms with van der Waals surface area (Å²) in [6.45, 7) is 0. The lowest BCUT2D eigenvalue weighted by Gasteiger charge is -2.05. The van der Waals surface area contributed by atoms with Crippen molar-refractivity contribution >= 4 is 112 Å². The number of thiophene rings is 2. The maximum Gasteiger partial charge on any atom is 0.165 e. The Kier molecular flexibility index (Phi) is 4.10. The quantitative estimate of drug-likeness (QED) is 0.193. The second-order valence-electron chi connectivity index (χ2n) is 11.4. The van der Waals surface area contributed by atoms with Crippen molar-refractivity contribution in [1.82, 2.24) is 14.4 Å². The van der Waals surface area contributed by atoms with Gasteiger partial charge < -0.3 is 0 Å². The van der Waals surface area contributed by atoms with Crippen molar-refractivity contribution in [2.24, 2.45) is 0 Å². The minimum Gasteiger partial charge on any atom is -0.291 e. The van der Waals surface area contributed by atoms with E-state index >= 15 is 0 Å². The first-order chi connectivity index (χ1) is 21.3. The van der Waals surface area contributed by atoms with Crippen LogP contribution in [0.3, 0.4) is 0 Å². The molecule has 0 bridgehead atoms. The van der Waals surface area contributed by atoms with Crippen LogP contribution in [0.4, 0.5) is 0 Å². The molecule has 0 aliphatic rings. The molecule has 5 heteroatoms. The van der Waals surface area contributed by atoms with Gasteiger partial charge in [0.1, 0.15) is 5.52 Å². The van der Waals surface area contributed by atoms with Gasteiger partial charge in [-0.15, -0.1) is 22.7 Å². The SMILES string of the molecule is c1ccc2nc3c(nc2c1)c1c2sc4ccccc4c2cc2c4cc(-c5ccc6sc7ccccc7c6c5)ccc4n3c21. The molecule has 0 saturated carbocycles. The molecule has 6 aromatic carbocycles. The van der Waals surface area contributed by atoms with Crippen LogP contribution in [0.25, 0.3) is 101 Å². The van der Waals surface area contributed by atoms with Gasteiger partial charge in [0.25, 0.3) is 0 Å². The van der Waals surface area contributed by atoms with Gasteiger partial charge in [-0.05, 0) is 65.7 Å². The third-order valence-electron chi connectivity index (χ3n) is 9.10. The van der Waals surface area contributed by atoms with Gasteiger partial charge in [-0.3, -0.25) is 4.40 Å². The Bertz CT molecular complexity index is 2960. The molecule has 3 nitrogen and oxygen atoms in total. The summed E-state index contributed by atoms with van der Waals surface area (Å²) in [6, 6.07) is 41.9. The van der Waals surface area contributed by atoms with Crippen LogP contribution in [0, 0.1) is 0 Å². The van der Waals surface area contributed by atoms with E-state index in [1.165, 1.54) is 78.7 Å². The molecule has 0 amide bonds. The number of nitrogens with zero attached hydrogens (tertiary/aromatic N) is 3. The lowest BCUT2D eigenvalue weighted by Crippen LogP contribution is -1.89. The molecule has 0 radical (unpaired) electrons. The Morgan fingerprint density at radius 1 is 0.488 bits per heavy atom. The fourth-order valence-electron chi connectivity index (χ4n) is 7.19. The lowest BCUT2D eigenvalue weighted by atomic mass is 9.99. The van der Waals surface area contributed by atoms with Crippen LogP contribution in [0.5, 0.6) is 0 Å². The van der Waals surface area contributed by atoms with Crippen molar-refractivity contribution in [3.8, 4) is 11.1 Å². The maximum absolute atomic E-state index is 5.23. The van der Waals surface area contributed by atoms with Crippen molar-refractivity contribution in [2.45, 2.75) is 0 Å². The van der Waals surface area contributed by atoms with E-state index < -0.39 is 0 Å². The molecule has 0 unspecified atom stereocenters. The molecule has 0 N–H and O–H groups in total. The Hall–Kier alpha value is -5.10. The van der Waals surface area contributed by atoms with Crippen molar-refractivity contribution in [2.75, 3.05) is 0 Å². The number of rotatable bonds is 1. The monoisotopic (exact) mass is 581 g/mol. The van der Waals surface area contributed by atoms with Crippen molar-refractivity contribution < 1.29 is 0 Å². The normalized spacial score (nSPS) is 12.7. The summed E-state index contributed by atoms with van der Waals surface area (Å²) in [5, 5.41) is 8.97. The van der Waals surface area contributed by atoms with Crippen LogP contribution in [-0.4, -0.2) is 14.4 Å². The van der Waals surface area contributed by atoms with E-state index in [0.29, 0.717) is 0 Å². The van der Waals surface area contributed by atoms with E-state index in [0.717, 1.165) is 22.2 Å². The fraction of sp³-hybridized carbons (Fsp3) is 0. The van der Waals surface area contributed by atoms with E-state index in [2.05, 4.69) is 108 Å². The van der Waals surface area contributed by atoms with Crippen molar-refractivity contribution in [1.29, 1.82) is 0 Å². The number of para-hydroxylation sites is 2. The van der Waals surface area contributed by atoms with Gasteiger partial charge in [-0.2, -0.15) is 0 Å². The van der Waals surface area contributed by atoms with Gasteiger partial charge in [0.05, 0.1) is 22.1 Å². The van der Waals surface area contributed by atoms with Crippen molar-refractivity contribution in [3.63, 3.8) is 0 Å². The molecular weight excluding hydrogens is 563 g/mol. The first-order valence-electron chi connectivity index (χ1n) is 14.4. The van der Waals surface area contributed by atoms with E-state index in [-0.39, 0.29) is 0 Å². The minimum absolute atomic E-state index is 0.921. The van der Waals surface area contributed by atoms with E-state index in [1.807, 2.05) is 34.8 Å². The Morgan fingerprint density at radius 2 is 1.14 bits per heavy atom. The summed E-state index contributed by atoms with van der Waals surface area (Å²) in [7, 11) is 0. The average Bonchev–Trinajstić information content (AvgIpc) is 3.79. The van der Waals surface area contributed by atoms with Crippen LogP contribution < -0.4 is 0 Å². The van der Waals surface area contributed by atoms with E-state index in [4.69, 9.17) is 9.97 Å². The molecule has 0 spiro atoms. The molecule has 0 aliphatic carbocycles. The zero-order chi connectivity index (χ0) is 27.8. The topological polar surface area (TPSA) is 30.2 Å². The molecule has 0 aliphatic heterocycles. The Labute approximate surface area is 252 Å². The number of hydrogen-bond donors (Lipinski definition) is 0. The highest BCUT2D eigenvalue weighted by Gasteiger charge is 2.24. The minimum atomic E-state index is 0.921. The van der Waals surface area contributed by atoms with Crippen LogP contribution >= 0.6 is 22.7 Å². The molecule has 0 saturated heterocycles. The first-order valence-corrected chi connectivity index (χ1v) is 16.1. The molecular formula is C38H19N3S2. The van der Waals surface area contributed by atoms with Crippen LogP contribution in [0.2, 0.25) is 0 Å². The standard InChI is InChI=1S/C38H19N3S2/c1-5-11-31-22(7-1)25-18-21(14-16-33(25)42-31)20-13-15-30-24(17-20)26-19-27-23-8-2-6-12-32(23)43-37(27)34-35-38(41(30)36(26)34)40-29-10-4-3-9-28(29)39-35/h1-19H. The predicted molar refractivity (Wildman–Crippen MR) is 185 cm³/mol. The summed E-state index contributed by atoms with van der Waals surface area (Å²) < 4.78 is 7.61. The molecule has 198 valence electrons. The highest BCUT2D eigenvalue weighted by molar-refractivity contribution is 7.27. The van der Waals surface area contributed by atoms with Gasteiger partial charge in [-0.25, -0.2) is 9.97 Å². The average molecular weight is 582 g/mol. The van der Waals surface area contributed by atoms with E-state index in [1.54, 1.807) is 0 Å². The molecule has 43 heavy (non-hydrogen) atoms. The number of benzene rings is 6. The van der Waals surface area contributed by atoms with Crippen LogP contribution in [-0.2, 0) is 0 Å². The molecule has 11 aromatic rings. The van der Waals surface area contributed by atoms with Gasteiger partial charge in [-0.1, -0.05) is 60.7 Å². The summed E-state index contributed by atoms with van der Waals surface area (Å²) in [5.74, 6) is 0. The molecule has 11 rings (SSSR count). The highest BCUT2D eigenvalue weighted by Crippen LogP contribution is 2.47. The maximum atomic E-state index is 5.23. The summed E-state index contributed by atoms with van der Waals surface area (Å²) in [6.07, 6.45) is 0. The Morgan fingerprint density at radius 3 is 1.98 bits per heavy atom. The summed E-state index contributed by atoms with van der Waals surface area (Å²) in [4.78, 5) is 10.5. The van der Waals surface area contributed by atoms with Gasteiger partial charge in [0, 0.05) is 56.5 Å². The molecule has 0 atom stereocenters. The zero-order valence-corrected chi connectivity index (χ0v) is 24.3. The molecule has 5 heterocycles. The third-order valence-corrected chi connectivity index (χ3v) is 11.5. The summed E-state index contributed by atoms with van der Waals surface area (Å²) in [5.41, 5.74) is 8.62. The van der Waals surface area contributed by atoms with Crippen LogP contribution in [0.1, 0.15) is 0 Å². The molecule has 0 fully saturated rings. The van der Waals surface area contributed by atoms with Crippen molar-refractivity contribution in [3.05, 3.63) is 115 Å². The second kappa shape index (κ2) is 7.84. The number of aromatic nitrogens is 3. The van der Waals surface area contributed by atoms with E-state index in [9.17, 15) is 0 Å². The first kappa shape index (κ1) is 22.5. The van der Waals surface area contributed by atoms with Gasteiger partial charge in [0.2, 0.25) is 0 Å². The fourth-order valence-corrected chi connectivity index (χ4v) is 9.51. The number of hydrogen-bond acceptors (Lipinski definition) is 4. The second-order valence-corrected chi connectivity index (χ2v) is 13.5. The third kappa shape index (κ3) is 2.84. The Balaban J connectivity index is 1.29. The largest absolute Gasteiger partial charge is 0.291 e. The highest BCUT2D eigenvalue weighted by atomic mass is 32.1. The zero-order valence-electron chi connectivity index (χ0n) is 22.6. The number of fused-ring (bicyclic) bond motifs is 14. The predicted octanol–water partition coefficient (Wildman–Crippen LogP) is 11.2. The lowest BCUT2D eigenvalue weighted by molar-refractivity contribution is 1.28. The van der Waals surface area contributed by atoms with Gasteiger partial charge in [0.15, 0.2) is 5.65 Å². The van der Waals surface area contributed by atoms with Gasteiger partial charge >= 0.3 is 0 Å². The van der Waals surface area contributed by atoms with Crippen LogP contribution in [0.15, 0.2) is 115 Å².